The second kappa shape index (κ2) is 4.44. The number of hydrogen-bond donors (Lipinski definition) is 0. The number of aryl methyl sites for hydroxylation is 1. The number of nitrogens with zero attached hydrogens (tertiary/aromatic N) is 1. The number of Topliss-reactive ketones (excluding diaryl/α,β-unsaturated/α-hetero) is 1. The molecule has 1 aliphatic rings. The van der Waals surface area contributed by atoms with Crippen molar-refractivity contribution in [2.75, 3.05) is 0 Å². The van der Waals surface area contributed by atoms with Gasteiger partial charge in [-0.2, -0.15) is 0 Å². The molecule has 0 saturated heterocycles. The highest BCUT2D eigenvalue weighted by molar-refractivity contribution is 7.09. The molecular formula is C12H17NOS. The summed E-state index contributed by atoms with van der Waals surface area (Å²) in [4.78, 5) is 15.9. The van der Waals surface area contributed by atoms with Crippen LogP contribution in [0.25, 0.3) is 0 Å². The van der Waals surface area contributed by atoms with Gasteiger partial charge in [0.25, 0.3) is 0 Å². The Balaban J connectivity index is 2.01. The van der Waals surface area contributed by atoms with Crippen LogP contribution in [0.2, 0.25) is 0 Å². The molecule has 2 unspecified atom stereocenters. The molecule has 2 nitrogen and oxygen atoms in total. The highest BCUT2D eigenvalue weighted by atomic mass is 32.1. The van der Waals surface area contributed by atoms with Gasteiger partial charge in [-0.05, 0) is 25.2 Å². The maximum absolute atomic E-state index is 11.4. The highest BCUT2D eigenvalue weighted by Gasteiger charge is 2.26. The van der Waals surface area contributed by atoms with E-state index in [1.165, 1.54) is 5.01 Å². The smallest absolute Gasteiger partial charge is 0.133 e. The van der Waals surface area contributed by atoms with Gasteiger partial charge in [-0.25, -0.2) is 4.98 Å². The zero-order chi connectivity index (χ0) is 10.8. The minimum absolute atomic E-state index is 0.436. The minimum Gasteiger partial charge on any atom is -0.300 e. The van der Waals surface area contributed by atoms with Gasteiger partial charge in [-0.1, -0.05) is 6.92 Å². The van der Waals surface area contributed by atoms with Gasteiger partial charge in [0.05, 0.1) is 5.01 Å². The average molecular weight is 223 g/mol. The SMILES string of the molecule is Cc1csc(CC2CC(=O)CCC2C)n1. The lowest BCUT2D eigenvalue weighted by molar-refractivity contribution is -0.122. The molecule has 1 aromatic heterocycles. The third-order valence-corrected chi connectivity index (χ3v) is 4.27. The van der Waals surface area contributed by atoms with Gasteiger partial charge < -0.3 is 0 Å². The van der Waals surface area contributed by atoms with Crippen molar-refractivity contribution >= 4 is 17.1 Å². The van der Waals surface area contributed by atoms with Crippen molar-refractivity contribution in [3.05, 3.63) is 16.1 Å². The van der Waals surface area contributed by atoms with Crippen LogP contribution in [0.5, 0.6) is 0 Å². The van der Waals surface area contributed by atoms with Gasteiger partial charge >= 0.3 is 0 Å². The first-order chi connectivity index (χ1) is 7.15. The van der Waals surface area contributed by atoms with Crippen LogP contribution in [-0.2, 0) is 11.2 Å². The summed E-state index contributed by atoms with van der Waals surface area (Å²) in [5, 5.41) is 3.28. The normalized spacial score (nSPS) is 26.9. The second-order valence-electron chi connectivity index (χ2n) is 4.61. The van der Waals surface area contributed by atoms with Crippen LogP contribution in [0.1, 0.15) is 36.9 Å². The Bertz CT molecular complexity index is 358. The number of hydrogen-bond acceptors (Lipinski definition) is 3. The molecule has 0 bridgehead atoms. The van der Waals surface area contributed by atoms with E-state index in [4.69, 9.17) is 0 Å². The van der Waals surface area contributed by atoms with E-state index in [-0.39, 0.29) is 0 Å². The Morgan fingerprint density at radius 2 is 2.40 bits per heavy atom. The van der Waals surface area contributed by atoms with Crippen LogP contribution in [-0.4, -0.2) is 10.8 Å². The van der Waals surface area contributed by atoms with Crippen LogP contribution in [0.4, 0.5) is 0 Å². The fourth-order valence-corrected chi connectivity index (χ4v) is 3.08. The van der Waals surface area contributed by atoms with Crippen LogP contribution in [0.3, 0.4) is 0 Å². The Morgan fingerprint density at radius 1 is 1.60 bits per heavy atom. The fraction of sp³-hybridized carbons (Fsp3) is 0.667. The molecule has 1 fully saturated rings. The molecule has 1 heterocycles. The average Bonchev–Trinajstić information content (AvgIpc) is 2.58. The van der Waals surface area contributed by atoms with Crippen LogP contribution >= 0.6 is 11.3 Å². The monoisotopic (exact) mass is 223 g/mol. The van der Waals surface area contributed by atoms with Gasteiger partial charge in [-0.15, -0.1) is 11.3 Å². The van der Waals surface area contributed by atoms with E-state index in [9.17, 15) is 4.79 Å². The van der Waals surface area contributed by atoms with E-state index < -0.39 is 0 Å². The molecule has 3 heteroatoms. The summed E-state index contributed by atoms with van der Waals surface area (Å²) >= 11 is 1.72. The third-order valence-electron chi connectivity index (χ3n) is 3.28. The maximum atomic E-state index is 11.4. The molecule has 0 radical (unpaired) electrons. The van der Waals surface area contributed by atoms with Crippen molar-refractivity contribution in [1.29, 1.82) is 0 Å². The molecule has 2 atom stereocenters. The molecule has 1 saturated carbocycles. The Hall–Kier alpha value is -0.700. The predicted octanol–water partition coefficient (Wildman–Crippen LogP) is 3.00. The number of carbonyl (C=O) groups excluding carboxylic acids is 1. The lowest BCUT2D eigenvalue weighted by Crippen LogP contribution is -2.24. The molecule has 0 amide bonds. The maximum Gasteiger partial charge on any atom is 0.133 e. The lowest BCUT2D eigenvalue weighted by Gasteiger charge is -2.27. The fourth-order valence-electron chi connectivity index (χ4n) is 2.21. The number of thiazole rings is 1. The molecule has 2 rings (SSSR count). The standard InChI is InChI=1S/C12H17NOS/c1-8-3-4-11(14)5-10(8)6-12-13-9(2)7-15-12/h7-8,10H,3-6H2,1-2H3. The second-order valence-corrected chi connectivity index (χ2v) is 5.55. The van der Waals surface area contributed by atoms with Crippen molar-refractivity contribution in [3.63, 3.8) is 0 Å². The highest BCUT2D eigenvalue weighted by Crippen LogP contribution is 2.31. The Kier molecular flexibility index (Phi) is 3.19. The van der Waals surface area contributed by atoms with E-state index in [1.807, 2.05) is 6.92 Å². The van der Waals surface area contributed by atoms with Gasteiger partial charge in [0.1, 0.15) is 5.78 Å². The number of rotatable bonds is 2. The molecule has 82 valence electrons. The Labute approximate surface area is 94.7 Å². The lowest BCUT2D eigenvalue weighted by atomic mass is 9.78. The molecule has 1 aromatic rings. The van der Waals surface area contributed by atoms with Crippen LogP contribution in [0.15, 0.2) is 5.38 Å². The van der Waals surface area contributed by atoms with Crippen molar-refractivity contribution in [2.45, 2.75) is 39.5 Å². The first-order valence-corrected chi connectivity index (χ1v) is 6.46. The summed E-state index contributed by atoms with van der Waals surface area (Å²) in [7, 11) is 0. The molecular weight excluding hydrogens is 206 g/mol. The van der Waals surface area contributed by atoms with Gasteiger partial charge in [-0.3, -0.25) is 4.79 Å². The van der Waals surface area contributed by atoms with Crippen LogP contribution in [0, 0.1) is 18.8 Å². The summed E-state index contributed by atoms with van der Waals surface area (Å²) in [6.45, 7) is 4.28. The number of ketones is 1. The Morgan fingerprint density at radius 3 is 3.07 bits per heavy atom. The minimum atomic E-state index is 0.436. The van der Waals surface area contributed by atoms with E-state index in [0.29, 0.717) is 17.6 Å². The summed E-state index contributed by atoms with van der Waals surface area (Å²) in [6.07, 6.45) is 3.60. The summed E-state index contributed by atoms with van der Waals surface area (Å²) < 4.78 is 0. The van der Waals surface area contributed by atoms with Gasteiger partial charge in [0.15, 0.2) is 0 Å². The summed E-state index contributed by atoms with van der Waals surface area (Å²) in [6, 6.07) is 0. The van der Waals surface area contributed by atoms with Crippen molar-refractivity contribution < 1.29 is 4.79 Å². The molecule has 1 aliphatic carbocycles. The first kappa shape index (κ1) is 10.8. The number of aromatic nitrogens is 1. The van der Waals surface area contributed by atoms with E-state index in [2.05, 4.69) is 17.3 Å². The molecule has 0 aromatic carbocycles. The molecule has 0 aliphatic heterocycles. The predicted molar refractivity (Wildman–Crippen MR) is 62.1 cm³/mol. The number of carbonyl (C=O) groups is 1. The zero-order valence-electron chi connectivity index (χ0n) is 9.32. The van der Waals surface area contributed by atoms with E-state index >= 15 is 0 Å². The topological polar surface area (TPSA) is 30.0 Å². The van der Waals surface area contributed by atoms with E-state index in [1.54, 1.807) is 11.3 Å². The van der Waals surface area contributed by atoms with Crippen molar-refractivity contribution in [2.24, 2.45) is 11.8 Å². The van der Waals surface area contributed by atoms with Gasteiger partial charge in [0.2, 0.25) is 0 Å². The zero-order valence-corrected chi connectivity index (χ0v) is 10.1. The molecule has 0 spiro atoms. The van der Waals surface area contributed by atoms with Crippen LogP contribution < -0.4 is 0 Å². The van der Waals surface area contributed by atoms with Gasteiger partial charge in [0, 0.05) is 30.3 Å². The van der Waals surface area contributed by atoms with E-state index in [0.717, 1.165) is 31.4 Å². The largest absolute Gasteiger partial charge is 0.300 e. The molecule has 15 heavy (non-hydrogen) atoms. The summed E-state index contributed by atoms with van der Waals surface area (Å²) in [5.74, 6) is 1.63. The quantitative estimate of drug-likeness (QED) is 0.771. The molecule has 0 N–H and O–H groups in total. The van der Waals surface area contributed by atoms with Crippen molar-refractivity contribution in [1.82, 2.24) is 4.98 Å². The van der Waals surface area contributed by atoms with Crippen molar-refractivity contribution in [3.8, 4) is 0 Å². The first-order valence-electron chi connectivity index (χ1n) is 5.58. The summed E-state index contributed by atoms with van der Waals surface area (Å²) in [5.41, 5.74) is 1.10. The third kappa shape index (κ3) is 2.65.